The third-order valence-corrected chi connectivity index (χ3v) is 2.45. The van der Waals surface area contributed by atoms with Gasteiger partial charge in [-0.1, -0.05) is 12.2 Å². The summed E-state index contributed by atoms with van der Waals surface area (Å²) >= 11 is 0. The molecule has 0 bridgehead atoms. The second-order valence-corrected chi connectivity index (χ2v) is 4.12. The topological polar surface area (TPSA) is 193 Å². The second kappa shape index (κ2) is 12.6. The molecule has 10 heteroatoms. The van der Waals surface area contributed by atoms with E-state index in [9.17, 15) is 9.59 Å². The van der Waals surface area contributed by atoms with Crippen LogP contribution in [0, 0.1) is 11.8 Å². The average molecular weight is 324 g/mol. The van der Waals surface area contributed by atoms with Crippen molar-refractivity contribution in [1.82, 2.24) is 0 Å². The Morgan fingerprint density at radius 3 is 1.68 bits per heavy atom. The normalized spacial score (nSPS) is 19.3. The molecule has 1 rings (SSSR count). The van der Waals surface area contributed by atoms with Gasteiger partial charge in [0.1, 0.15) is 6.10 Å². The lowest BCUT2D eigenvalue weighted by Crippen LogP contribution is -2.30. The van der Waals surface area contributed by atoms with Gasteiger partial charge in [-0.25, -0.2) is 4.79 Å². The van der Waals surface area contributed by atoms with E-state index in [4.69, 9.17) is 40.5 Å². The summed E-state index contributed by atoms with van der Waals surface area (Å²) in [6.45, 7) is -0.729. The smallest absolute Gasteiger partial charge is 0.481 e. The highest BCUT2D eigenvalue weighted by molar-refractivity contribution is 5.81. The molecule has 0 saturated heterocycles. The van der Waals surface area contributed by atoms with Crippen molar-refractivity contribution in [3.8, 4) is 0 Å². The van der Waals surface area contributed by atoms with Crippen LogP contribution in [0.1, 0.15) is 12.8 Å². The maximum absolute atomic E-state index is 10.6. The second-order valence-electron chi connectivity index (χ2n) is 4.12. The standard InChI is InChI=1S/C8H10O4.C3H8O3.CH2O3/c9-7(10)5-3-1-2-4-6(5)8(11)12;4-1-3(6)2-5;2-1(3)4/h1,3,5-6H,2,4H2,(H,9,10)(H,11,12);3-6H,1-2H2;(H2,2,3,4). The molecule has 0 aromatic carbocycles. The molecule has 10 nitrogen and oxygen atoms in total. The molecule has 0 aliphatic heterocycles. The molecule has 7 N–H and O–H groups in total. The molecule has 2 unspecified atom stereocenters. The van der Waals surface area contributed by atoms with E-state index in [1.807, 2.05) is 0 Å². The van der Waals surface area contributed by atoms with Gasteiger partial charge in [-0.15, -0.1) is 0 Å². The van der Waals surface area contributed by atoms with Crippen LogP contribution in [0.2, 0.25) is 0 Å². The summed E-state index contributed by atoms with van der Waals surface area (Å²) in [5.74, 6) is -3.69. The van der Waals surface area contributed by atoms with Crippen LogP contribution in [0.5, 0.6) is 0 Å². The fourth-order valence-corrected chi connectivity index (χ4v) is 1.42. The number of aliphatic hydroxyl groups excluding tert-OH is 3. The van der Waals surface area contributed by atoms with E-state index in [1.165, 1.54) is 6.08 Å². The number of rotatable bonds is 4. The number of aliphatic carboxylic acids is 2. The van der Waals surface area contributed by atoms with E-state index >= 15 is 0 Å². The zero-order chi connectivity index (χ0) is 17.7. The summed E-state index contributed by atoms with van der Waals surface area (Å²) in [5, 5.41) is 55.3. The maximum Gasteiger partial charge on any atom is 0.503 e. The van der Waals surface area contributed by atoms with E-state index in [1.54, 1.807) is 6.08 Å². The van der Waals surface area contributed by atoms with Crippen molar-refractivity contribution >= 4 is 18.1 Å². The molecule has 22 heavy (non-hydrogen) atoms. The molecular weight excluding hydrogens is 304 g/mol. The van der Waals surface area contributed by atoms with Crippen LogP contribution in [0.3, 0.4) is 0 Å². The van der Waals surface area contributed by atoms with Gasteiger partial charge in [-0.05, 0) is 12.8 Å². The maximum atomic E-state index is 10.6. The Morgan fingerprint density at radius 1 is 1.00 bits per heavy atom. The third-order valence-electron chi connectivity index (χ3n) is 2.45. The lowest BCUT2D eigenvalue weighted by molar-refractivity contribution is -0.152. The molecule has 0 aromatic heterocycles. The van der Waals surface area contributed by atoms with E-state index in [-0.39, 0.29) is 13.2 Å². The molecule has 0 aromatic rings. The third kappa shape index (κ3) is 11.6. The zero-order valence-corrected chi connectivity index (χ0v) is 11.6. The summed E-state index contributed by atoms with van der Waals surface area (Å²) in [5.41, 5.74) is 0. The molecule has 1 aliphatic carbocycles. The Balaban J connectivity index is 0. The van der Waals surface area contributed by atoms with Gasteiger partial charge in [-0.2, -0.15) is 0 Å². The van der Waals surface area contributed by atoms with E-state index < -0.39 is 36.0 Å². The molecule has 0 spiro atoms. The first kappa shape index (κ1) is 22.1. The highest BCUT2D eigenvalue weighted by Crippen LogP contribution is 2.24. The van der Waals surface area contributed by atoms with Crippen molar-refractivity contribution in [3.05, 3.63) is 12.2 Å². The average Bonchev–Trinajstić information content (AvgIpc) is 2.46. The minimum atomic E-state index is -1.83. The lowest BCUT2D eigenvalue weighted by Gasteiger charge is -2.19. The first-order valence-corrected chi connectivity index (χ1v) is 6.11. The lowest BCUT2D eigenvalue weighted by atomic mass is 9.84. The van der Waals surface area contributed by atoms with Crippen molar-refractivity contribution in [2.24, 2.45) is 11.8 Å². The van der Waals surface area contributed by atoms with Crippen molar-refractivity contribution in [2.45, 2.75) is 18.9 Å². The molecule has 1 aliphatic rings. The minimum Gasteiger partial charge on any atom is -0.481 e. The van der Waals surface area contributed by atoms with Gasteiger partial charge in [0.2, 0.25) is 0 Å². The molecular formula is C12H20O10. The van der Waals surface area contributed by atoms with Gasteiger partial charge in [0.25, 0.3) is 0 Å². The minimum absolute atomic E-state index is 0.365. The number of carbonyl (C=O) groups is 3. The largest absolute Gasteiger partial charge is 0.503 e. The van der Waals surface area contributed by atoms with Crippen molar-refractivity contribution < 1.29 is 50.1 Å². The number of aliphatic hydroxyl groups is 3. The summed E-state index contributed by atoms with van der Waals surface area (Å²) < 4.78 is 0. The Hall–Kier alpha value is -2.17. The Morgan fingerprint density at radius 2 is 1.45 bits per heavy atom. The molecule has 2 atom stereocenters. The number of carboxylic acids is 2. The first-order chi connectivity index (χ1) is 10.2. The summed E-state index contributed by atoms with van der Waals surface area (Å²) in [6, 6.07) is 0. The van der Waals surface area contributed by atoms with Gasteiger partial charge >= 0.3 is 18.1 Å². The summed E-state index contributed by atoms with van der Waals surface area (Å²) in [4.78, 5) is 29.7. The van der Waals surface area contributed by atoms with Crippen LogP contribution in [0.4, 0.5) is 4.79 Å². The highest BCUT2D eigenvalue weighted by Gasteiger charge is 2.32. The van der Waals surface area contributed by atoms with E-state index in [0.29, 0.717) is 12.8 Å². The van der Waals surface area contributed by atoms with Gasteiger partial charge in [0.15, 0.2) is 0 Å². The van der Waals surface area contributed by atoms with Crippen molar-refractivity contribution in [2.75, 3.05) is 13.2 Å². The number of carboxylic acid groups (broad SMARTS) is 4. The number of hydrogen-bond acceptors (Lipinski definition) is 6. The molecule has 0 fully saturated rings. The van der Waals surface area contributed by atoms with Crippen molar-refractivity contribution in [1.29, 1.82) is 0 Å². The van der Waals surface area contributed by atoms with E-state index in [2.05, 4.69) is 0 Å². The van der Waals surface area contributed by atoms with Gasteiger partial charge in [0, 0.05) is 0 Å². The summed E-state index contributed by atoms with van der Waals surface area (Å²) in [7, 11) is 0. The van der Waals surface area contributed by atoms with E-state index in [0.717, 1.165) is 0 Å². The molecule has 0 radical (unpaired) electrons. The Bertz CT molecular complexity index is 370. The molecule has 0 saturated carbocycles. The zero-order valence-electron chi connectivity index (χ0n) is 11.6. The quantitative estimate of drug-likeness (QED) is 0.325. The van der Waals surface area contributed by atoms with Crippen molar-refractivity contribution in [3.63, 3.8) is 0 Å². The van der Waals surface area contributed by atoms with Crippen LogP contribution in [0.15, 0.2) is 12.2 Å². The van der Waals surface area contributed by atoms with Crippen LogP contribution >= 0.6 is 0 Å². The van der Waals surface area contributed by atoms with Crippen LogP contribution in [-0.2, 0) is 9.59 Å². The summed E-state index contributed by atoms with van der Waals surface area (Å²) in [6.07, 6.45) is 1.47. The predicted molar refractivity (Wildman–Crippen MR) is 71.5 cm³/mol. The van der Waals surface area contributed by atoms with Gasteiger partial charge in [0.05, 0.1) is 25.0 Å². The molecule has 0 amide bonds. The monoisotopic (exact) mass is 324 g/mol. The van der Waals surface area contributed by atoms with Gasteiger partial charge < -0.3 is 35.7 Å². The number of hydrogen-bond donors (Lipinski definition) is 7. The Kier molecular flexibility index (Phi) is 12.6. The molecule has 0 heterocycles. The molecule has 128 valence electrons. The SMILES string of the molecule is O=C(O)C1C=CCCC1C(=O)O.O=C(O)O.OCC(O)CO. The fraction of sp³-hybridized carbons (Fsp3) is 0.583. The van der Waals surface area contributed by atoms with Gasteiger partial charge in [-0.3, -0.25) is 9.59 Å². The highest BCUT2D eigenvalue weighted by atomic mass is 16.6. The van der Waals surface area contributed by atoms with Crippen LogP contribution in [-0.4, -0.2) is 73.2 Å². The first-order valence-electron chi connectivity index (χ1n) is 6.11. The van der Waals surface area contributed by atoms with Crippen LogP contribution < -0.4 is 0 Å². The van der Waals surface area contributed by atoms with Crippen LogP contribution in [0.25, 0.3) is 0 Å². The predicted octanol–water partition coefficient (Wildman–Crippen LogP) is -0.708. The number of allylic oxidation sites excluding steroid dienone is 1. The Labute approximate surface area is 125 Å². The fourth-order valence-electron chi connectivity index (χ4n) is 1.42.